The van der Waals surface area contributed by atoms with Crippen LogP contribution in [-0.2, 0) is 0 Å². The van der Waals surface area contributed by atoms with E-state index in [0.717, 1.165) is 18.6 Å². The van der Waals surface area contributed by atoms with E-state index in [4.69, 9.17) is 9.40 Å². The molecule has 7 nitrogen and oxygen atoms in total. The number of H-pyrrole nitrogens is 1. The molecule has 2 atom stereocenters. The lowest BCUT2D eigenvalue weighted by Crippen LogP contribution is -2.28. The lowest BCUT2D eigenvalue weighted by molar-refractivity contribution is -0.0446. The van der Waals surface area contributed by atoms with Crippen LogP contribution in [0.5, 0.6) is 0 Å². The van der Waals surface area contributed by atoms with E-state index in [2.05, 4.69) is 15.1 Å². The average molecular weight is 389 g/mol. The summed E-state index contributed by atoms with van der Waals surface area (Å²) in [6, 6.07) is -0.161. The average Bonchev–Trinajstić information content (AvgIpc) is 3.21. The van der Waals surface area contributed by atoms with Gasteiger partial charge < -0.3 is 9.40 Å². The van der Waals surface area contributed by atoms with E-state index in [1.54, 1.807) is 10.9 Å². The highest BCUT2D eigenvalue weighted by atomic mass is 19.3. The minimum absolute atomic E-state index is 0.0224. The van der Waals surface area contributed by atoms with Crippen LogP contribution in [0.15, 0.2) is 21.6 Å². The zero-order valence-corrected chi connectivity index (χ0v) is 15.5. The van der Waals surface area contributed by atoms with Crippen molar-refractivity contribution in [3.8, 4) is 0 Å². The molecule has 0 saturated heterocycles. The molecule has 2 fully saturated rings. The first-order valence-corrected chi connectivity index (χ1v) is 9.69. The highest BCUT2D eigenvalue weighted by Crippen LogP contribution is 2.47. The molecule has 0 spiro atoms. The standard InChI is InChI=1S/C19H21F2N5O2/c1-10-8-22-18(28-10)13-3-2-12(13)15-24-16-14(17(27)25-15)9-23-26(16)11-4-6-19(20,21)7-5-11/h8-9,11-13H,2-7H2,1H3,(H,24,25,27)/t12-,13?/m1/s1. The Morgan fingerprint density at radius 2 is 1.93 bits per heavy atom. The van der Waals surface area contributed by atoms with Crippen molar-refractivity contribution in [1.82, 2.24) is 24.7 Å². The topological polar surface area (TPSA) is 89.6 Å². The van der Waals surface area contributed by atoms with Crippen molar-refractivity contribution in [3.05, 3.63) is 40.2 Å². The van der Waals surface area contributed by atoms with Crippen molar-refractivity contribution in [2.24, 2.45) is 0 Å². The first-order chi connectivity index (χ1) is 13.4. The lowest BCUT2D eigenvalue weighted by atomic mass is 9.73. The molecule has 2 aliphatic rings. The molecule has 1 N–H and O–H groups in total. The minimum Gasteiger partial charge on any atom is -0.446 e. The molecule has 0 radical (unpaired) electrons. The molecular formula is C19H21F2N5O2. The van der Waals surface area contributed by atoms with Gasteiger partial charge in [0.15, 0.2) is 11.5 Å². The van der Waals surface area contributed by atoms with Gasteiger partial charge in [-0.2, -0.15) is 5.10 Å². The van der Waals surface area contributed by atoms with Gasteiger partial charge in [-0.05, 0) is 32.6 Å². The van der Waals surface area contributed by atoms with Crippen molar-refractivity contribution in [3.63, 3.8) is 0 Å². The Kier molecular flexibility index (Phi) is 3.89. The van der Waals surface area contributed by atoms with Gasteiger partial charge in [-0.3, -0.25) is 4.79 Å². The summed E-state index contributed by atoms with van der Waals surface area (Å²) < 4.78 is 34.3. The number of aromatic nitrogens is 5. The Hall–Kier alpha value is -2.58. The number of nitrogens with one attached hydrogen (secondary N) is 1. The summed E-state index contributed by atoms with van der Waals surface area (Å²) in [5.74, 6) is -0.493. The fourth-order valence-corrected chi connectivity index (χ4v) is 4.33. The summed E-state index contributed by atoms with van der Waals surface area (Å²) in [7, 11) is 0. The van der Waals surface area contributed by atoms with Crippen LogP contribution in [0.25, 0.3) is 11.0 Å². The van der Waals surface area contributed by atoms with Crippen LogP contribution in [-0.4, -0.2) is 30.7 Å². The molecular weight excluding hydrogens is 368 g/mol. The van der Waals surface area contributed by atoms with E-state index >= 15 is 0 Å². The van der Waals surface area contributed by atoms with Crippen LogP contribution in [0.4, 0.5) is 8.78 Å². The maximum absolute atomic E-state index is 13.5. The van der Waals surface area contributed by atoms with Crippen molar-refractivity contribution in [2.45, 2.75) is 69.2 Å². The molecule has 2 aliphatic carbocycles. The van der Waals surface area contributed by atoms with E-state index in [0.29, 0.717) is 35.6 Å². The molecule has 9 heteroatoms. The van der Waals surface area contributed by atoms with Crippen molar-refractivity contribution in [2.75, 3.05) is 0 Å². The summed E-state index contributed by atoms with van der Waals surface area (Å²) in [5, 5.41) is 4.70. The number of aryl methyl sites for hydroxylation is 1. The maximum Gasteiger partial charge on any atom is 0.262 e. The summed E-state index contributed by atoms with van der Waals surface area (Å²) in [6.07, 6.45) is 5.30. The van der Waals surface area contributed by atoms with Gasteiger partial charge in [0.25, 0.3) is 5.56 Å². The molecule has 2 saturated carbocycles. The first kappa shape index (κ1) is 17.5. The lowest BCUT2D eigenvalue weighted by Gasteiger charge is -2.33. The second kappa shape index (κ2) is 6.22. The third kappa shape index (κ3) is 2.84. The second-order valence-corrected chi connectivity index (χ2v) is 7.96. The van der Waals surface area contributed by atoms with Gasteiger partial charge in [0, 0.05) is 24.7 Å². The van der Waals surface area contributed by atoms with Crippen molar-refractivity contribution in [1.29, 1.82) is 0 Å². The molecule has 148 valence electrons. The van der Waals surface area contributed by atoms with Gasteiger partial charge in [-0.1, -0.05) is 0 Å². The molecule has 0 aromatic carbocycles. The van der Waals surface area contributed by atoms with Crippen LogP contribution in [0.3, 0.4) is 0 Å². The summed E-state index contributed by atoms with van der Waals surface area (Å²) in [6.45, 7) is 1.85. The van der Waals surface area contributed by atoms with Gasteiger partial charge in [0.05, 0.1) is 18.4 Å². The Morgan fingerprint density at radius 1 is 1.18 bits per heavy atom. The largest absolute Gasteiger partial charge is 0.446 e. The van der Waals surface area contributed by atoms with Gasteiger partial charge in [-0.25, -0.2) is 23.4 Å². The van der Waals surface area contributed by atoms with E-state index in [1.165, 1.54) is 6.20 Å². The van der Waals surface area contributed by atoms with Crippen molar-refractivity contribution < 1.29 is 13.2 Å². The van der Waals surface area contributed by atoms with Crippen LogP contribution in [0, 0.1) is 6.92 Å². The smallest absolute Gasteiger partial charge is 0.262 e. The quantitative estimate of drug-likeness (QED) is 0.735. The number of oxazole rings is 1. The fraction of sp³-hybridized carbons (Fsp3) is 0.579. The zero-order chi connectivity index (χ0) is 19.5. The number of alkyl halides is 2. The molecule has 28 heavy (non-hydrogen) atoms. The van der Waals surface area contributed by atoms with E-state index < -0.39 is 5.92 Å². The number of aromatic amines is 1. The van der Waals surface area contributed by atoms with Gasteiger partial charge in [0.2, 0.25) is 5.92 Å². The molecule has 3 heterocycles. The number of hydrogen-bond donors (Lipinski definition) is 1. The highest BCUT2D eigenvalue weighted by molar-refractivity contribution is 5.73. The number of fused-ring (bicyclic) bond motifs is 1. The predicted molar refractivity (Wildman–Crippen MR) is 96.6 cm³/mol. The molecule has 3 aromatic rings. The van der Waals surface area contributed by atoms with Gasteiger partial charge in [-0.15, -0.1) is 0 Å². The van der Waals surface area contributed by atoms with Crippen LogP contribution >= 0.6 is 0 Å². The van der Waals surface area contributed by atoms with Crippen molar-refractivity contribution >= 4 is 11.0 Å². The molecule has 1 unspecified atom stereocenters. The normalized spacial score (nSPS) is 25.1. The zero-order valence-electron chi connectivity index (χ0n) is 15.5. The number of nitrogens with zero attached hydrogens (tertiary/aromatic N) is 4. The van der Waals surface area contributed by atoms with Crippen LogP contribution in [0.1, 0.15) is 73.9 Å². The van der Waals surface area contributed by atoms with E-state index in [1.807, 2.05) is 6.92 Å². The molecule has 0 amide bonds. The van der Waals surface area contributed by atoms with Gasteiger partial charge >= 0.3 is 0 Å². The number of hydrogen-bond acceptors (Lipinski definition) is 5. The summed E-state index contributed by atoms with van der Waals surface area (Å²) in [5.41, 5.74) is 0.227. The molecule has 3 aromatic heterocycles. The second-order valence-electron chi connectivity index (χ2n) is 7.96. The summed E-state index contributed by atoms with van der Waals surface area (Å²) in [4.78, 5) is 24.5. The monoisotopic (exact) mass is 389 g/mol. The fourth-order valence-electron chi connectivity index (χ4n) is 4.33. The predicted octanol–water partition coefficient (Wildman–Crippen LogP) is 3.83. The van der Waals surface area contributed by atoms with Gasteiger partial charge in [0.1, 0.15) is 17.0 Å². The molecule has 5 rings (SSSR count). The SMILES string of the molecule is Cc1cnc(C2CC[C@H]2c2nc3c(cnn3C3CCC(F)(F)CC3)c(=O)[nH]2)o1. The summed E-state index contributed by atoms with van der Waals surface area (Å²) >= 11 is 0. The minimum atomic E-state index is -2.61. The Balaban J connectivity index is 1.49. The van der Waals surface area contributed by atoms with Crippen LogP contribution in [0.2, 0.25) is 0 Å². The first-order valence-electron chi connectivity index (χ1n) is 9.69. The Labute approximate surface area is 159 Å². The maximum atomic E-state index is 13.5. The van der Waals surface area contributed by atoms with E-state index in [9.17, 15) is 13.6 Å². The van der Waals surface area contributed by atoms with Crippen LogP contribution < -0.4 is 5.56 Å². The number of halogens is 2. The molecule has 0 aliphatic heterocycles. The third-order valence-corrected chi connectivity index (χ3v) is 6.10. The Morgan fingerprint density at radius 3 is 2.57 bits per heavy atom. The highest BCUT2D eigenvalue weighted by Gasteiger charge is 2.39. The Bertz CT molecular complexity index is 1080. The number of rotatable bonds is 3. The third-order valence-electron chi connectivity index (χ3n) is 6.10. The van der Waals surface area contributed by atoms with E-state index in [-0.39, 0.29) is 36.3 Å². The molecule has 0 bridgehead atoms.